The average Bonchev–Trinajstić information content (AvgIpc) is 3.47. The van der Waals surface area contributed by atoms with Crippen molar-refractivity contribution in [3.8, 4) is 22.6 Å². The first-order valence-corrected chi connectivity index (χ1v) is 16.9. The van der Waals surface area contributed by atoms with Gasteiger partial charge in [0.1, 0.15) is 28.6 Å². The molecule has 4 aromatic rings. The molecule has 10 heteroatoms. The quantitative estimate of drug-likeness (QED) is 0.220. The molecule has 0 saturated carbocycles. The van der Waals surface area contributed by atoms with Gasteiger partial charge in [0, 0.05) is 32.3 Å². The first-order valence-electron chi connectivity index (χ1n) is 15.3. The average molecular weight is 657 g/mol. The van der Waals surface area contributed by atoms with Crippen LogP contribution in [0.25, 0.3) is 11.1 Å². The molecule has 1 saturated heterocycles. The summed E-state index contributed by atoms with van der Waals surface area (Å²) in [6.45, 7) is 4.59. The van der Waals surface area contributed by atoms with Crippen LogP contribution in [-0.2, 0) is 20.3 Å². The Hall–Kier alpha value is -4.67. The molecule has 5 rings (SSSR count). The number of nitrogens with zero attached hydrogens (tertiary/aromatic N) is 2. The number of aryl methyl sites for hydroxylation is 2. The van der Waals surface area contributed by atoms with E-state index in [0.29, 0.717) is 46.7 Å². The van der Waals surface area contributed by atoms with E-state index >= 15 is 0 Å². The predicted octanol–water partition coefficient (Wildman–Crippen LogP) is 5.57. The number of carbonyl (C=O) groups excluding carboxylic acids is 2. The van der Waals surface area contributed by atoms with E-state index in [4.69, 9.17) is 14.2 Å². The SMILES string of the molecule is COc1ccc(-c2cccc(C(=O)N(C)C)c2)cc1S(=O)(=O)Cc1cccc(OC2CN(C(=O)c3cc(C)ccc3C)CC2OC)c1. The Balaban J connectivity index is 1.35. The second kappa shape index (κ2) is 14.0. The van der Waals surface area contributed by atoms with Crippen LogP contribution >= 0.6 is 0 Å². The molecule has 0 N–H and O–H groups in total. The number of hydrogen-bond donors (Lipinski definition) is 0. The van der Waals surface area contributed by atoms with Crippen molar-refractivity contribution in [3.63, 3.8) is 0 Å². The van der Waals surface area contributed by atoms with Gasteiger partial charge >= 0.3 is 0 Å². The normalized spacial score (nSPS) is 16.2. The summed E-state index contributed by atoms with van der Waals surface area (Å²) in [5.74, 6) is 0.188. The van der Waals surface area contributed by atoms with Gasteiger partial charge in [0.05, 0.1) is 26.0 Å². The number of sulfone groups is 1. The van der Waals surface area contributed by atoms with Crippen LogP contribution in [0.2, 0.25) is 0 Å². The van der Waals surface area contributed by atoms with E-state index in [0.717, 1.165) is 11.1 Å². The molecule has 47 heavy (non-hydrogen) atoms. The van der Waals surface area contributed by atoms with Crippen LogP contribution in [0.4, 0.5) is 0 Å². The molecule has 0 aliphatic carbocycles. The van der Waals surface area contributed by atoms with Crippen molar-refractivity contribution in [2.45, 2.75) is 36.7 Å². The Bertz CT molecular complexity index is 1900. The van der Waals surface area contributed by atoms with Gasteiger partial charge in [-0.2, -0.15) is 0 Å². The van der Waals surface area contributed by atoms with Crippen LogP contribution in [-0.4, -0.2) is 83.6 Å². The summed E-state index contributed by atoms with van der Waals surface area (Å²) in [6.07, 6.45) is -0.789. The Kier molecular flexibility index (Phi) is 10.0. The minimum Gasteiger partial charge on any atom is -0.495 e. The summed E-state index contributed by atoms with van der Waals surface area (Å²) in [4.78, 5) is 29.2. The highest BCUT2D eigenvalue weighted by molar-refractivity contribution is 7.90. The molecule has 1 aliphatic heterocycles. The van der Waals surface area contributed by atoms with Gasteiger partial charge in [0.25, 0.3) is 11.8 Å². The lowest BCUT2D eigenvalue weighted by Gasteiger charge is -2.19. The summed E-state index contributed by atoms with van der Waals surface area (Å²) in [6, 6.07) is 24.8. The molecule has 0 bridgehead atoms. The fraction of sp³-hybridized carbons (Fsp3) is 0.297. The second-order valence-corrected chi connectivity index (χ2v) is 14.0. The molecular formula is C37H40N2O7S. The third-order valence-corrected chi connectivity index (χ3v) is 10.0. The Morgan fingerprint density at radius 1 is 0.851 bits per heavy atom. The van der Waals surface area contributed by atoms with Crippen molar-refractivity contribution in [1.29, 1.82) is 0 Å². The molecule has 2 atom stereocenters. The lowest BCUT2D eigenvalue weighted by molar-refractivity contribution is 0.0339. The standard InChI is InChI=1S/C37H40N2O7S/c1-24-13-14-25(2)31(17-24)37(41)39-21-33(45-6)34(22-39)46-30-12-7-9-26(18-30)23-47(42,43)35-20-28(15-16-32(35)44-5)27-10-8-11-29(19-27)36(40)38(3)4/h7-20,33-34H,21-23H2,1-6H3. The molecule has 9 nitrogen and oxygen atoms in total. The first-order chi connectivity index (χ1) is 22.4. The van der Waals surface area contributed by atoms with Gasteiger partial charge in [-0.1, -0.05) is 48.0 Å². The van der Waals surface area contributed by atoms with Crippen LogP contribution in [0.1, 0.15) is 37.4 Å². The molecule has 0 spiro atoms. The van der Waals surface area contributed by atoms with Crippen LogP contribution in [0.15, 0.2) is 89.8 Å². The second-order valence-electron chi connectivity index (χ2n) is 12.0. The Morgan fingerprint density at radius 3 is 2.30 bits per heavy atom. The fourth-order valence-corrected chi connectivity index (χ4v) is 7.29. The molecule has 1 aliphatic rings. The third-order valence-electron chi connectivity index (χ3n) is 8.32. The molecule has 2 amide bonds. The van der Waals surface area contributed by atoms with E-state index in [1.165, 1.54) is 12.0 Å². The lowest BCUT2D eigenvalue weighted by atomic mass is 10.0. The van der Waals surface area contributed by atoms with Crippen molar-refractivity contribution in [2.75, 3.05) is 41.4 Å². The van der Waals surface area contributed by atoms with Gasteiger partial charge in [-0.3, -0.25) is 9.59 Å². The maximum Gasteiger partial charge on any atom is 0.254 e. The van der Waals surface area contributed by atoms with Crippen LogP contribution in [0.3, 0.4) is 0 Å². The van der Waals surface area contributed by atoms with Crippen LogP contribution in [0, 0.1) is 13.8 Å². The van der Waals surface area contributed by atoms with Crippen molar-refractivity contribution >= 4 is 21.7 Å². The fourth-order valence-electron chi connectivity index (χ4n) is 5.76. The summed E-state index contributed by atoms with van der Waals surface area (Å²) in [7, 11) is 2.51. The maximum absolute atomic E-state index is 13.8. The van der Waals surface area contributed by atoms with Gasteiger partial charge in [-0.05, 0) is 78.6 Å². The largest absolute Gasteiger partial charge is 0.495 e. The molecule has 0 aromatic heterocycles. The minimum absolute atomic E-state index is 0.0454. The van der Waals surface area contributed by atoms with E-state index in [9.17, 15) is 18.0 Å². The third kappa shape index (κ3) is 7.50. The van der Waals surface area contributed by atoms with Crippen molar-refractivity contribution in [2.24, 2.45) is 0 Å². The zero-order chi connectivity index (χ0) is 33.9. The highest BCUT2D eigenvalue weighted by atomic mass is 32.2. The highest BCUT2D eigenvalue weighted by Crippen LogP contribution is 2.33. The molecule has 246 valence electrons. The van der Waals surface area contributed by atoms with E-state index < -0.39 is 15.9 Å². The number of likely N-dealkylation sites (tertiary alicyclic amines) is 1. The molecular weight excluding hydrogens is 616 g/mol. The van der Waals surface area contributed by atoms with Gasteiger partial charge in [-0.15, -0.1) is 0 Å². The lowest BCUT2D eigenvalue weighted by Crippen LogP contribution is -2.32. The Morgan fingerprint density at radius 2 is 1.57 bits per heavy atom. The number of carbonyl (C=O) groups is 2. The number of benzene rings is 4. The smallest absolute Gasteiger partial charge is 0.254 e. The Labute approximate surface area is 276 Å². The van der Waals surface area contributed by atoms with Crippen molar-refractivity contribution in [1.82, 2.24) is 9.80 Å². The summed E-state index contributed by atoms with van der Waals surface area (Å²) in [5, 5.41) is 0. The number of amides is 2. The number of methoxy groups -OCH3 is 2. The summed E-state index contributed by atoms with van der Waals surface area (Å²) in [5.41, 5.74) is 4.95. The van der Waals surface area contributed by atoms with E-state index in [2.05, 4.69) is 0 Å². The topological polar surface area (TPSA) is 102 Å². The zero-order valence-corrected chi connectivity index (χ0v) is 28.3. The van der Waals surface area contributed by atoms with Crippen molar-refractivity contribution < 1.29 is 32.2 Å². The highest BCUT2D eigenvalue weighted by Gasteiger charge is 2.38. The number of hydrogen-bond acceptors (Lipinski definition) is 7. The van der Waals surface area contributed by atoms with Gasteiger partial charge in [0.15, 0.2) is 9.84 Å². The molecule has 4 aromatic carbocycles. The molecule has 1 fully saturated rings. The molecule has 2 unspecified atom stereocenters. The summed E-state index contributed by atoms with van der Waals surface area (Å²) < 4.78 is 45.1. The van der Waals surface area contributed by atoms with Gasteiger partial charge in [0.2, 0.25) is 0 Å². The van der Waals surface area contributed by atoms with E-state index in [1.54, 1.807) is 86.8 Å². The number of rotatable bonds is 10. The summed E-state index contributed by atoms with van der Waals surface area (Å²) >= 11 is 0. The van der Waals surface area contributed by atoms with Crippen LogP contribution < -0.4 is 9.47 Å². The van der Waals surface area contributed by atoms with E-state index in [1.807, 2.05) is 38.1 Å². The molecule has 1 heterocycles. The first kappa shape index (κ1) is 33.7. The van der Waals surface area contributed by atoms with Crippen LogP contribution in [0.5, 0.6) is 11.5 Å². The van der Waals surface area contributed by atoms with Gasteiger partial charge < -0.3 is 24.0 Å². The van der Waals surface area contributed by atoms with Gasteiger partial charge in [-0.25, -0.2) is 8.42 Å². The van der Waals surface area contributed by atoms with E-state index in [-0.39, 0.29) is 34.3 Å². The molecule has 0 radical (unpaired) electrons. The zero-order valence-electron chi connectivity index (χ0n) is 27.5. The predicted molar refractivity (Wildman–Crippen MR) is 181 cm³/mol. The maximum atomic E-state index is 13.8. The monoisotopic (exact) mass is 656 g/mol. The minimum atomic E-state index is -3.88. The number of ether oxygens (including phenoxy) is 3. The van der Waals surface area contributed by atoms with Crippen molar-refractivity contribution in [3.05, 3.63) is 113 Å².